The van der Waals surface area contributed by atoms with E-state index in [-0.39, 0.29) is 12.1 Å². The molecule has 1 aromatic carbocycles. The molecule has 0 radical (unpaired) electrons. The first-order valence-corrected chi connectivity index (χ1v) is 6.84. The van der Waals surface area contributed by atoms with E-state index in [1.807, 2.05) is 0 Å². The van der Waals surface area contributed by atoms with Gasteiger partial charge in [0.15, 0.2) is 0 Å². The number of benzene rings is 1. The number of nitrogens with one attached hydrogen (secondary N) is 1. The smallest absolute Gasteiger partial charge is 0.0788 e. The minimum absolute atomic E-state index is 0.199. The molecule has 18 heavy (non-hydrogen) atoms. The van der Waals surface area contributed by atoms with E-state index in [1.54, 1.807) is 7.11 Å². The van der Waals surface area contributed by atoms with Crippen LogP contribution in [-0.4, -0.2) is 19.8 Å². The van der Waals surface area contributed by atoms with E-state index in [2.05, 4.69) is 58.1 Å². The van der Waals surface area contributed by atoms with Crippen LogP contribution in [0.1, 0.15) is 43.5 Å². The van der Waals surface area contributed by atoms with E-state index >= 15 is 0 Å². The lowest BCUT2D eigenvalue weighted by Crippen LogP contribution is -2.37. The first-order valence-electron chi connectivity index (χ1n) is 6.84. The van der Waals surface area contributed by atoms with E-state index in [1.165, 1.54) is 16.7 Å². The van der Waals surface area contributed by atoms with Crippen LogP contribution in [0.15, 0.2) is 18.2 Å². The lowest BCUT2D eigenvalue weighted by Gasteiger charge is -2.31. The number of ether oxygens (including phenoxy) is 1. The number of hydrogen-bond donors (Lipinski definition) is 1. The van der Waals surface area contributed by atoms with Crippen LogP contribution in [0.2, 0.25) is 0 Å². The second-order valence-corrected chi connectivity index (χ2v) is 5.34. The molecule has 0 aliphatic heterocycles. The van der Waals surface area contributed by atoms with Gasteiger partial charge >= 0.3 is 0 Å². The summed E-state index contributed by atoms with van der Waals surface area (Å²) in [6, 6.07) is 6.90. The second-order valence-electron chi connectivity index (χ2n) is 5.34. The first kappa shape index (κ1) is 15.2. The minimum Gasteiger partial charge on any atom is -0.379 e. The number of aryl methyl sites for hydroxylation is 2. The molecule has 0 saturated heterocycles. The monoisotopic (exact) mass is 249 g/mol. The maximum Gasteiger partial charge on any atom is 0.0788 e. The molecule has 0 aliphatic rings. The summed E-state index contributed by atoms with van der Waals surface area (Å²) in [5.41, 5.74) is 3.99. The molecule has 2 atom stereocenters. The van der Waals surface area contributed by atoms with Crippen molar-refractivity contribution in [3.05, 3.63) is 34.9 Å². The fraction of sp³-hybridized carbons (Fsp3) is 0.625. The van der Waals surface area contributed by atoms with E-state index in [0.717, 1.165) is 6.54 Å². The molecule has 2 heteroatoms. The Balaban J connectivity index is 3.13. The molecule has 0 fully saturated rings. The molecule has 0 heterocycles. The maximum atomic E-state index is 5.71. The molecule has 1 N–H and O–H groups in total. The number of likely N-dealkylation sites (N-methyl/N-ethyl adjacent to an activating group) is 1. The SMILES string of the molecule is CCNC(c1cc(C)ccc1C)C(OC)C(C)C. The van der Waals surface area contributed by atoms with Crippen molar-refractivity contribution in [2.75, 3.05) is 13.7 Å². The van der Waals surface area contributed by atoms with Crippen LogP contribution in [0.5, 0.6) is 0 Å². The fourth-order valence-corrected chi connectivity index (χ4v) is 2.51. The molecule has 0 aliphatic carbocycles. The molecule has 0 bridgehead atoms. The number of methoxy groups -OCH3 is 1. The van der Waals surface area contributed by atoms with E-state index in [4.69, 9.17) is 4.74 Å². The fourth-order valence-electron chi connectivity index (χ4n) is 2.51. The van der Waals surface area contributed by atoms with Crippen LogP contribution in [0.3, 0.4) is 0 Å². The quantitative estimate of drug-likeness (QED) is 0.831. The van der Waals surface area contributed by atoms with Crippen molar-refractivity contribution >= 4 is 0 Å². The third-order valence-electron chi connectivity index (χ3n) is 3.45. The topological polar surface area (TPSA) is 21.3 Å². The normalized spacial score (nSPS) is 14.8. The summed E-state index contributed by atoms with van der Waals surface area (Å²) < 4.78 is 5.71. The van der Waals surface area contributed by atoms with Gasteiger partial charge in [-0.15, -0.1) is 0 Å². The van der Waals surface area contributed by atoms with Gasteiger partial charge in [-0.05, 0) is 37.4 Å². The van der Waals surface area contributed by atoms with E-state index in [9.17, 15) is 0 Å². The maximum absolute atomic E-state index is 5.71. The summed E-state index contributed by atoms with van der Waals surface area (Å²) in [6.07, 6.45) is 0.199. The highest BCUT2D eigenvalue weighted by molar-refractivity contribution is 5.33. The Morgan fingerprint density at radius 1 is 1.22 bits per heavy atom. The zero-order valence-corrected chi connectivity index (χ0v) is 12.6. The van der Waals surface area contributed by atoms with Gasteiger partial charge < -0.3 is 10.1 Å². The Bertz CT molecular complexity index is 373. The third-order valence-corrected chi connectivity index (χ3v) is 3.45. The summed E-state index contributed by atoms with van der Waals surface area (Å²) in [6.45, 7) is 11.8. The van der Waals surface area contributed by atoms with Crippen molar-refractivity contribution in [2.24, 2.45) is 5.92 Å². The Morgan fingerprint density at radius 3 is 2.39 bits per heavy atom. The van der Waals surface area contributed by atoms with Gasteiger partial charge in [-0.25, -0.2) is 0 Å². The minimum atomic E-state index is 0.199. The summed E-state index contributed by atoms with van der Waals surface area (Å²) in [5, 5.41) is 3.57. The molecular weight excluding hydrogens is 222 g/mol. The highest BCUT2D eigenvalue weighted by atomic mass is 16.5. The molecule has 1 rings (SSSR count). The summed E-state index contributed by atoms with van der Waals surface area (Å²) in [4.78, 5) is 0. The lowest BCUT2D eigenvalue weighted by atomic mass is 9.90. The van der Waals surface area contributed by atoms with Gasteiger partial charge in [0.05, 0.1) is 12.1 Å². The molecule has 0 spiro atoms. The van der Waals surface area contributed by atoms with Crippen LogP contribution in [-0.2, 0) is 4.74 Å². The second kappa shape index (κ2) is 6.91. The summed E-state index contributed by atoms with van der Waals surface area (Å²) >= 11 is 0. The van der Waals surface area contributed by atoms with Crippen molar-refractivity contribution in [1.82, 2.24) is 5.32 Å². The average molecular weight is 249 g/mol. The van der Waals surface area contributed by atoms with Crippen molar-refractivity contribution in [3.63, 3.8) is 0 Å². The predicted molar refractivity (Wildman–Crippen MR) is 78.0 cm³/mol. The van der Waals surface area contributed by atoms with Crippen LogP contribution in [0.25, 0.3) is 0 Å². The van der Waals surface area contributed by atoms with Crippen LogP contribution in [0, 0.1) is 19.8 Å². The zero-order valence-electron chi connectivity index (χ0n) is 12.6. The molecule has 2 nitrogen and oxygen atoms in total. The first-order chi connectivity index (χ1) is 8.51. The molecule has 102 valence electrons. The van der Waals surface area contributed by atoms with Crippen molar-refractivity contribution in [2.45, 2.75) is 46.8 Å². The van der Waals surface area contributed by atoms with Gasteiger partial charge in [0.2, 0.25) is 0 Å². The molecule has 0 saturated carbocycles. The van der Waals surface area contributed by atoms with Gasteiger partial charge in [-0.1, -0.05) is 44.5 Å². The van der Waals surface area contributed by atoms with E-state index < -0.39 is 0 Å². The van der Waals surface area contributed by atoms with Crippen LogP contribution < -0.4 is 5.32 Å². The van der Waals surface area contributed by atoms with E-state index in [0.29, 0.717) is 5.92 Å². The molecule has 2 unspecified atom stereocenters. The average Bonchev–Trinajstić information content (AvgIpc) is 2.32. The third kappa shape index (κ3) is 3.56. The Hall–Kier alpha value is -0.860. The summed E-state index contributed by atoms with van der Waals surface area (Å²) in [5.74, 6) is 0.485. The zero-order chi connectivity index (χ0) is 13.7. The van der Waals surface area contributed by atoms with Crippen molar-refractivity contribution in [1.29, 1.82) is 0 Å². The van der Waals surface area contributed by atoms with Gasteiger partial charge in [-0.2, -0.15) is 0 Å². The number of hydrogen-bond acceptors (Lipinski definition) is 2. The van der Waals surface area contributed by atoms with Crippen molar-refractivity contribution in [3.8, 4) is 0 Å². The highest BCUT2D eigenvalue weighted by Crippen LogP contribution is 2.27. The van der Waals surface area contributed by atoms with Gasteiger partial charge in [-0.3, -0.25) is 0 Å². The standard InChI is InChI=1S/C16H27NO/c1-7-17-15(16(18-6)11(2)3)14-10-12(4)8-9-13(14)5/h8-11,15-17H,7H2,1-6H3. The molecule has 1 aromatic rings. The molecule has 0 aromatic heterocycles. The Morgan fingerprint density at radius 2 is 1.89 bits per heavy atom. The predicted octanol–water partition coefficient (Wildman–Crippen LogP) is 3.63. The largest absolute Gasteiger partial charge is 0.379 e. The van der Waals surface area contributed by atoms with Gasteiger partial charge in [0.25, 0.3) is 0 Å². The summed E-state index contributed by atoms with van der Waals surface area (Å²) in [7, 11) is 1.81. The lowest BCUT2D eigenvalue weighted by molar-refractivity contribution is 0.0329. The van der Waals surface area contributed by atoms with Gasteiger partial charge in [0, 0.05) is 7.11 Å². The van der Waals surface area contributed by atoms with Crippen LogP contribution >= 0.6 is 0 Å². The molecular formula is C16H27NO. The highest BCUT2D eigenvalue weighted by Gasteiger charge is 2.26. The van der Waals surface area contributed by atoms with Gasteiger partial charge in [0.1, 0.15) is 0 Å². The molecule has 0 amide bonds. The van der Waals surface area contributed by atoms with Crippen LogP contribution in [0.4, 0.5) is 0 Å². The number of rotatable bonds is 6. The van der Waals surface area contributed by atoms with Crippen molar-refractivity contribution < 1.29 is 4.74 Å². The Labute approximate surface area is 112 Å². The Kier molecular flexibility index (Phi) is 5.83.